The van der Waals surface area contributed by atoms with Gasteiger partial charge in [-0.05, 0) is 26.3 Å². The second-order valence-corrected chi connectivity index (χ2v) is 5.40. The number of ether oxygens (including phenoxy) is 1. The molecule has 5 heteroatoms. The van der Waals surface area contributed by atoms with Gasteiger partial charge in [0.2, 0.25) is 5.88 Å². The van der Waals surface area contributed by atoms with E-state index in [2.05, 4.69) is 34.0 Å². The summed E-state index contributed by atoms with van der Waals surface area (Å²) in [5.41, 5.74) is 0. The smallest absolute Gasteiger partial charge is 0.218 e. The number of likely N-dealkylation sites (N-methyl/N-ethyl adjacent to an activating group) is 1. The number of nitrogens with one attached hydrogen (secondary N) is 1. The van der Waals surface area contributed by atoms with Crippen LogP contribution in [0, 0.1) is 5.92 Å². The molecule has 0 unspecified atom stereocenters. The first kappa shape index (κ1) is 15.7. The molecule has 0 spiro atoms. The van der Waals surface area contributed by atoms with Crippen LogP contribution in [-0.4, -0.2) is 42.8 Å². The lowest BCUT2D eigenvalue weighted by Crippen LogP contribution is -2.31. The van der Waals surface area contributed by atoms with Crippen LogP contribution in [0.5, 0.6) is 5.88 Å². The molecule has 0 aliphatic carbocycles. The fourth-order valence-corrected chi connectivity index (χ4v) is 1.60. The predicted octanol–water partition coefficient (Wildman–Crippen LogP) is 1.95. The Morgan fingerprint density at radius 1 is 1.26 bits per heavy atom. The van der Waals surface area contributed by atoms with E-state index in [4.69, 9.17) is 4.74 Å². The van der Waals surface area contributed by atoms with E-state index >= 15 is 0 Å². The number of nitrogens with zero attached hydrogens (tertiary/aromatic N) is 3. The van der Waals surface area contributed by atoms with Crippen LogP contribution >= 0.6 is 0 Å². The summed E-state index contributed by atoms with van der Waals surface area (Å²) in [5, 5.41) is 3.42. The highest BCUT2D eigenvalue weighted by Crippen LogP contribution is 2.15. The van der Waals surface area contributed by atoms with Gasteiger partial charge in [0.25, 0.3) is 0 Å². The molecule has 0 saturated carbocycles. The van der Waals surface area contributed by atoms with Crippen molar-refractivity contribution in [2.75, 3.05) is 31.6 Å². The van der Waals surface area contributed by atoms with Crippen molar-refractivity contribution in [2.24, 2.45) is 5.92 Å². The zero-order valence-electron chi connectivity index (χ0n) is 12.7. The topological polar surface area (TPSA) is 50.3 Å². The lowest BCUT2D eigenvalue weighted by Gasteiger charge is -2.19. The van der Waals surface area contributed by atoms with Crippen molar-refractivity contribution in [1.82, 2.24) is 15.3 Å². The van der Waals surface area contributed by atoms with Crippen LogP contribution in [-0.2, 0) is 0 Å². The molecule has 0 amide bonds. The van der Waals surface area contributed by atoms with Crippen LogP contribution in [0.25, 0.3) is 0 Å². The number of hydrogen-bond donors (Lipinski definition) is 1. The van der Waals surface area contributed by atoms with Gasteiger partial charge in [0, 0.05) is 26.2 Å². The van der Waals surface area contributed by atoms with Crippen LogP contribution < -0.4 is 15.0 Å². The zero-order chi connectivity index (χ0) is 14.3. The molecule has 5 nitrogen and oxygen atoms in total. The van der Waals surface area contributed by atoms with Crippen molar-refractivity contribution < 1.29 is 4.74 Å². The molecule has 0 aliphatic heterocycles. The Kier molecular flexibility index (Phi) is 6.56. The van der Waals surface area contributed by atoms with E-state index in [0.717, 1.165) is 25.5 Å². The normalized spacial score (nSPS) is 11.1. The maximum atomic E-state index is 5.57. The van der Waals surface area contributed by atoms with Gasteiger partial charge in [0.1, 0.15) is 12.1 Å². The molecule has 0 fully saturated rings. The Bertz CT molecular complexity index is 368. The second kappa shape index (κ2) is 7.94. The fraction of sp³-hybridized carbons (Fsp3) is 0.714. The molecule has 1 heterocycles. The second-order valence-electron chi connectivity index (χ2n) is 5.40. The van der Waals surface area contributed by atoms with Crippen molar-refractivity contribution in [3.8, 4) is 5.88 Å². The van der Waals surface area contributed by atoms with E-state index in [-0.39, 0.29) is 6.10 Å². The summed E-state index contributed by atoms with van der Waals surface area (Å²) in [5.74, 6) is 2.19. The molecule has 19 heavy (non-hydrogen) atoms. The van der Waals surface area contributed by atoms with Gasteiger partial charge in [-0.2, -0.15) is 0 Å². The van der Waals surface area contributed by atoms with Gasteiger partial charge < -0.3 is 15.0 Å². The van der Waals surface area contributed by atoms with Crippen LogP contribution in [0.3, 0.4) is 0 Å². The van der Waals surface area contributed by atoms with Crippen molar-refractivity contribution in [3.05, 3.63) is 12.4 Å². The lowest BCUT2D eigenvalue weighted by molar-refractivity contribution is 0.232. The van der Waals surface area contributed by atoms with Crippen molar-refractivity contribution in [1.29, 1.82) is 0 Å². The standard InChI is InChI=1S/C14H26N4O/c1-11(2)9-15-6-7-18(5)13-8-14(17-10-16-13)19-12(3)4/h8,10-12,15H,6-7,9H2,1-5H3. The minimum absolute atomic E-state index is 0.126. The third kappa shape index (κ3) is 6.38. The molecule has 1 rings (SSSR count). The monoisotopic (exact) mass is 266 g/mol. The third-order valence-electron chi connectivity index (χ3n) is 2.55. The molecule has 1 aromatic rings. The SMILES string of the molecule is CC(C)CNCCN(C)c1cc(OC(C)C)ncn1. The Morgan fingerprint density at radius 2 is 2.00 bits per heavy atom. The molecule has 0 aliphatic rings. The minimum Gasteiger partial charge on any atom is -0.475 e. The van der Waals surface area contributed by atoms with E-state index in [0.29, 0.717) is 11.8 Å². The molecule has 1 N–H and O–H groups in total. The first-order valence-electron chi connectivity index (χ1n) is 6.89. The van der Waals surface area contributed by atoms with Crippen LogP contribution in [0.4, 0.5) is 5.82 Å². The van der Waals surface area contributed by atoms with Crippen LogP contribution in [0.2, 0.25) is 0 Å². The van der Waals surface area contributed by atoms with E-state index in [1.165, 1.54) is 0 Å². The Morgan fingerprint density at radius 3 is 2.63 bits per heavy atom. The predicted molar refractivity (Wildman–Crippen MR) is 78.8 cm³/mol. The summed E-state index contributed by atoms with van der Waals surface area (Å²) < 4.78 is 5.57. The van der Waals surface area contributed by atoms with Gasteiger partial charge in [0.05, 0.1) is 6.10 Å². The maximum absolute atomic E-state index is 5.57. The molecule has 0 aromatic carbocycles. The number of anilines is 1. The Balaban J connectivity index is 2.45. The molecule has 0 radical (unpaired) electrons. The highest BCUT2D eigenvalue weighted by molar-refractivity contribution is 5.39. The van der Waals surface area contributed by atoms with Gasteiger partial charge in [-0.3, -0.25) is 0 Å². The van der Waals surface area contributed by atoms with Gasteiger partial charge >= 0.3 is 0 Å². The summed E-state index contributed by atoms with van der Waals surface area (Å²) in [6, 6.07) is 1.88. The van der Waals surface area contributed by atoms with Crippen LogP contribution in [0.1, 0.15) is 27.7 Å². The average molecular weight is 266 g/mol. The number of rotatable bonds is 8. The van der Waals surface area contributed by atoms with Gasteiger partial charge in [-0.1, -0.05) is 13.8 Å². The highest BCUT2D eigenvalue weighted by Gasteiger charge is 2.06. The van der Waals surface area contributed by atoms with E-state index in [9.17, 15) is 0 Å². The molecule has 0 atom stereocenters. The molecule has 108 valence electrons. The van der Waals surface area contributed by atoms with E-state index in [1.807, 2.05) is 27.0 Å². The number of aromatic nitrogens is 2. The van der Waals surface area contributed by atoms with Crippen molar-refractivity contribution in [2.45, 2.75) is 33.8 Å². The van der Waals surface area contributed by atoms with Crippen molar-refractivity contribution in [3.63, 3.8) is 0 Å². The zero-order valence-corrected chi connectivity index (χ0v) is 12.7. The quantitative estimate of drug-likeness (QED) is 0.729. The Labute approximate surface area is 116 Å². The van der Waals surface area contributed by atoms with Crippen LogP contribution in [0.15, 0.2) is 12.4 Å². The van der Waals surface area contributed by atoms with Crippen molar-refractivity contribution >= 4 is 5.82 Å². The minimum atomic E-state index is 0.126. The first-order valence-corrected chi connectivity index (χ1v) is 6.89. The van der Waals surface area contributed by atoms with Gasteiger partial charge in [-0.25, -0.2) is 9.97 Å². The summed E-state index contributed by atoms with van der Waals surface area (Å²) in [6.07, 6.45) is 1.67. The largest absolute Gasteiger partial charge is 0.475 e. The van der Waals surface area contributed by atoms with Gasteiger partial charge in [-0.15, -0.1) is 0 Å². The van der Waals surface area contributed by atoms with Gasteiger partial charge in [0.15, 0.2) is 0 Å². The molecule has 0 saturated heterocycles. The Hall–Kier alpha value is -1.36. The lowest BCUT2D eigenvalue weighted by atomic mass is 10.2. The molecule has 1 aromatic heterocycles. The number of hydrogen-bond acceptors (Lipinski definition) is 5. The van der Waals surface area contributed by atoms with E-state index < -0.39 is 0 Å². The maximum Gasteiger partial charge on any atom is 0.218 e. The molecule has 0 bridgehead atoms. The molecular weight excluding hydrogens is 240 g/mol. The summed E-state index contributed by atoms with van der Waals surface area (Å²) in [7, 11) is 2.03. The first-order chi connectivity index (χ1) is 8.99. The summed E-state index contributed by atoms with van der Waals surface area (Å²) >= 11 is 0. The summed E-state index contributed by atoms with van der Waals surface area (Å²) in [6.45, 7) is 11.3. The fourth-order valence-electron chi connectivity index (χ4n) is 1.60. The molecular formula is C14H26N4O. The third-order valence-corrected chi connectivity index (χ3v) is 2.55. The average Bonchev–Trinajstić information content (AvgIpc) is 2.33. The highest BCUT2D eigenvalue weighted by atomic mass is 16.5. The van der Waals surface area contributed by atoms with E-state index in [1.54, 1.807) is 6.33 Å². The summed E-state index contributed by atoms with van der Waals surface area (Å²) in [4.78, 5) is 10.5.